The first-order chi connectivity index (χ1) is 12.4. The highest BCUT2D eigenvalue weighted by Crippen LogP contribution is 2.34. The van der Waals surface area contributed by atoms with Gasteiger partial charge in [0.25, 0.3) is 5.91 Å². The van der Waals surface area contributed by atoms with Crippen LogP contribution in [0.4, 0.5) is 8.78 Å². The third-order valence-electron chi connectivity index (χ3n) is 4.27. The monoisotopic (exact) mass is 384 g/mol. The number of hydrogen-bond donors (Lipinski definition) is 2. The molecule has 1 aromatic carbocycles. The number of nitrogens with one attached hydrogen (secondary N) is 2. The lowest BCUT2D eigenvalue weighted by Crippen LogP contribution is -2.57. The van der Waals surface area contributed by atoms with Gasteiger partial charge in [0.15, 0.2) is 5.79 Å². The summed E-state index contributed by atoms with van der Waals surface area (Å²) in [6, 6.07) is 2.16. The molecular formula is C19H26F2N2O4. The Kier molecular flexibility index (Phi) is 6.21. The molecular weight excluding hydrogens is 358 g/mol. The Morgan fingerprint density at radius 1 is 1.26 bits per heavy atom. The largest absolute Gasteiger partial charge is 0.352 e. The molecule has 2 amide bonds. The number of ether oxygens (including phenoxy) is 2. The lowest BCUT2D eigenvalue weighted by Gasteiger charge is -2.44. The lowest BCUT2D eigenvalue weighted by atomic mass is 9.85. The fourth-order valence-corrected chi connectivity index (χ4v) is 2.69. The second kappa shape index (κ2) is 7.90. The fourth-order valence-electron chi connectivity index (χ4n) is 2.69. The maximum atomic E-state index is 13.7. The predicted molar refractivity (Wildman–Crippen MR) is 95.0 cm³/mol. The minimum atomic E-state index is -0.869. The van der Waals surface area contributed by atoms with E-state index in [9.17, 15) is 18.4 Å². The van der Waals surface area contributed by atoms with Gasteiger partial charge in [0.2, 0.25) is 5.91 Å². The number of hydrogen-bond acceptors (Lipinski definition) is 4. The maximum absolute atomic E-state index is 13.7. The molecule has 0 aliphatic carbocycles. The van der Waals surface area contributed by atoms with Crippen LogP contribution in [0.1, 0.15) is 45.0 Å². The van der Waals surface area contributed by atoms with E-state index in [1.54, 1.807) is 20.8 Å². The van der Waals surface area contributed by atoms with E-state index in [2.05, 4.69) is 10.6 Å². The highest BCUT2D eigenvalue weighted by molar-refractivity contribution is 5.94. The van der Waals surface area contributed by atoms with Crippen LogP contribution >= 0.6 is 0 Å². The van der Waals surface area contributed by atoms with E-state index in [0.29, 0.717) is 6.61 Å². The summed E-state index contributed by atoms with van der Waals surface area (Å²) >= 11 is 0. The maximum Gasteiger partial charge on any atom is 0.254 e. The number of amides is 2. The molecule has 150 valence electrons. The third kappa shape index (κ3) is 5.46. The van der Waals surface area contributed by atoms with Crippen LogP contribution < -0.4 is 10.6 Å². The summed E-state index contributed by atoms with van der Waals surface area (Å²) in [6.07, 6.45) is -0.718. The summed E-state index contributed by atoms with van der Waals surface area (Å²) < 4.78 is 38.2. The Balaban J connectivity index is 1.92. The van der Waals surface area contributed by atoms with Crippen molar-refractivity contribution in [3.63, 3.8) is 0 Å². The van der Waals surface area contributed by atoms with Crippen molar-refractivity contribution in [3.05, 3.63) is 35.4 Å². The van der Waals surface area contributed by atoms with Crippen LogP contribution in [0.2, 0.25) is 0 Å². The van der Waals surface area contributed by atoms with Crippen molar-refractivity contribution in [1.82, 2.24) is 10.6 Å². The van der Waals surface area contributed by atoms with Crippen molar-refractivity contribution in [2.24, 2.45) is 5.41 Å². The highest BCUT2D eigenvalue weighted by atomic mass is 19.1. The molecule has 0 radical (unpaired) electrons. The minimum Gasteiger partial charge on any atom is -0.352 e. The lowest BCUT2D eigenvalue weighted by molar-refractivity contribution is -0.304. The van der Waals surface area contributed by atoms with E-state index in [1.807, 2.05) is 13.8 Å². The number of carbonyl (C=O) groups excluding carboxylic acids is 2. The summed E-state index contributed by atoms with van der Waals surface area (Å²) in [5, 5.41) is 5.26. The molecule has 0 bridgehead atoms. The Bertz CT molecular complexity index is 722. The molecule has 6 nitrogen and oxygen atoms in total. The van der Waals surface area contributed by atoms with Crippen molar-refractivity contribution >= 4 is 11.8 Å². The predicted octanol–water partition coefficient (Wildman–Crippen LogP) is 2.38. The summed E-state index contributed by atoms with van der Waals surface area (Å²) in [4.78, 5) is 24.6. The van der Waals surface area contributed by atoms with Crippen LogP contribution in [-0.2, 0) is 14.3 Å². The molecule has 0 saturated carbocycles. The van der Waals surface area contributed by atoms with E-state index >= 15 is 0 Å². The smallest absolute Gasteiger partial charge is 0.254 e. The number of rotatable bonds is 5. The second-order valence-electron chi connectivity index (χ2n) is 7.92. The number of benzene rings is 1. The molecule has 1 aromatic rings. The van der Waals surface area contributed by atoms with Crippen LogP contribution in [0.3, 0.4) is 0 Å². The van der Waals surface area contributed by atoms with Gasteiger partial charge < -0.3 is 20.1 Å². The molecule has 8 heteroatoms. The number of halogens is 2. The van der Waals surface area contributed by atoms with Crippen LogP contribution in [-0.4, -0.2) is 42.9 Å². The third-order valence-corrected chi connectivity index (χ3v) is 4.27. The van der Waals surface area contributed by atoms with Gasteiger partial charge in [-0.15, -0.1) is 0 Å². The minimum absolute atomic E-state index is 0.110. The van der Waals surface area contributed by atoms with E-state index in [-0.39, 0.29) is 18.0 Å². The standard InChI is InChI=1S/C19H26F2N2O4/c1-11(23-16(24)13-8-12(20)6-7-14(13)21)9-22-17(25)15-18(2,3)10-26-19(4,5)27-15/h6-8,11,15H,9-10H2,1-5H3,(H,22,25)(H,23,24)/t11-,15-/m0/s1. The van der Waals surface area contributed by atoms with Crippen LogP contribution in [0, 0.1) is 17.0 Å². The average molecular weight is 384 g/mol. The molecule has 27 heavy (non-hydrogen) atoms. The van der Waals surface area contributed by atoms with E-state index in [0.717, 1.165) is 18.2 Å². The van der Waals surface area contributed by atoms with Gasteiger partial charge in [-0.25, -0.2) is 8.78 Å². The average Bonchev–Trinajstić information content (AvgIpc) is 2.57. The van der Waals surface area contributed by atoms with Gasteiger partial charge in [-0.05, 0) is 39.0 Å². The molecule has 2 rings (SSSR count). The molecule has 1 aliphatic heterocycles. The fraction of sp³-hybridized carbons (Fsp3) is 0.579. The Morgan fingerprint density at radius 2 is 1.93 bits per heavy atom. The highest BCUT2D eigenvalue weighted by Gasteiger charge is 2.45. The van der Waals surface area contributed by atoms with E-state index in [4.69, 9.17) is 9.47 Å². The van der Waals surface area contributed by atoms with Gasteiger partial charge >= 0.3 is 0 Å². The van der Waals surface area contributed by atoms with Crippen molar-refractivity contribution in [2.45, 2.75) is 52.6 Å². The first-order valence-corrected chi connectivity index (χ1v) is 8.77. The van der Waals surface area contributed by atoms with Gasteiger partial charge in [-0.3, -0.25) is 9.59 Å². The molecule has 2 atom stereocenters. The van der Waals surface area contributed by atoms with Crippen molar-refractivity contribution < 1.29 is 27.8 Å². The van der Waals surface area contributed by atoms with E-state index in [1.165, 1.54) is 0 Å². The number of carbonyl (C=O) groups is 2. The first-order valence-electron chi connectivity index (χ1n) is 8.77. The van der Waals surface area contributed by atoms with Crippen molar-refractivity contribution in [2.75, 3.05) is 13.2 Å². The van der Waals surface area contributed by atoms with Gasteiger partial charge in [0, 0.05) is 18.0 Å². The van der Waals surface area contributed by atoms with Gasteiger partial charge in [-0.1, -0.05) is 13.8 Å². The van der Waals surface area contributed by atoms with Crippen LogP contribution in [0.25, 0.3) is 0 Å². The molecule has 0 spiro atoms. The quantitative estimate of drug-likeness (QED) is 0.817. The molecule has 1 aliphatic rings. The second-order valence-corrected chi connectivity index (χ2v) is 7.92. The molecule has 1 heterocycles. The summed E-state index contributed by atoms with van der Waals surface area (Å²) in [6.45, 7) is 9.32. The zero-order valence-corrected chi connectivity index (χ0v) is 16.2. The Hall–Kier alpha value is -2.06. The van der Waals surface area contributed by atoms with Gasteiger partial charge in [0.05, 0.1) is 12.2 Å². The molecule has 1 saturated heterocycles. The van der Waals surface area contributed by atoms with Crippen LogP contribution in [0.15, 0.2) is 18.2 Å². The first kappa shape index (κ1) is 21.2. The van der Waals surface area contributed by atoms with Crippen molar-refractivity contribution in [3.8, 4) is 0 Å². The molecule has 0 unspecified atom stereocenters. The molecule has 2 N–H and O–H groups in total. The molecule has 1 fully saturated rings. The van der Waals surface area contributed by atoms with Crippen molar-refractivity contribution in [1.29, 1.82) is 0 Å². The zero-order valence-electron chi connectivity index (χ0n) is 16.2. The van der Waals surface area contributed by atoms with E-state index < -0.39 is 40.9 Å². The van der Waals surface area contributed by atoms with Crippen LogP contribution in [0.5, 0.6) is 0 Å². The Morgan fingerprint density at radius 3 is 2.59 bits per heavy atom. The van der Waals surface area contributed by atoms with Gasteiger partial charge in [-0.2, -0.15) is 0 Å². The summed E-state index contributed by atoms with van der Waals surface area (Å²) in [7, 11) is 0. The summed E-state index contributed by atoms with van der Waals surface area (Å²) in [5.41, 5.74) is -0.902. The normalized spacial score (nSPS) is 22.0. The molecule has 0 aromatic heterocycles. The zero-order chi connectivity index (χ0) is 20.4. The SMILES string of the molecule is C[C@@H](CNC(=O)[C@@H]1OC(C)(C)OCC1(C)C)NC(=O)c1cc(F)ccc1F. The Labute approximate surface area is 157 Å². The summed E-state index contributed by atoms with van der Waals surface area (Å²) in [5.74, 6) is -3.47. The topological polar surface area (TPSA) is 76.7 Å². The van der Waals surface area contributed by atoms with Gasteiger partial charge in [0.1, 0.15) is 17.7 Å².